The van der Waals surface area contributed by atoms with Crippen molar-refractivity contribution in [1.29, 1.82) is 0 Å². The summed E-state index contributed by atoms with van der Waals surface area (Å²) >= 11 is 0. The zero-order valence-corrected chi connectivity index (χ0v) is 9.87. The highest BCUT2D eigenvalue weighted by molar-refractivity contribution is 6.69. The molecule has 0 N–H and O–H groups in total. The maximum absolute atomic E-state index is 5.96. The Morgan fingerprint density at radius 1 is 1.08 bits per heavy atom. The van der Waals surface area contributed by atoms with Crippen LogP contribution in [0.4, 0.5) is 0 Å². The van der Waals surface area contributed by atoms with Gasteiger partial charge in [0, 0.05) is 0 Å². The first-order valence-electron chi connectivity index (χ1n) is 4.72. The molecule has 0 amide bonds. The molecule has 0 aliphatic heterocycles. The lowest BCUT2D eigenvalue weighted by Crippen LogP contribution is -2.26. The van der Waals surface area contributed by atoms with Gasteiger partial charge in [-0.15, -0.1) is 0 Å². The number of hydrogen-bond acceptors (Lipinski definition) is 1. The molecule has 0 heterocycles. The molecule has 0 saturated heterocycles. The van der Waals surface area contributed by atoms with Crippen molar-refractivity contribution in [2.75, 3.05) is 0 Å². The van der Waals surface area contributed by atoms with Gasteiger partial charge >= 0.3 is 0 Å². The maximum atomic E-state index is 5.96. The standard InChI is InChI=1S/C11H18OSi/c1-10(12-13(2,3)4)11-8-6-5-7-9-11/h5-10H,1-4H3/t10-/m0/s1. The van der Waals surface area contributed by atoms with Crippen LogP contribution in [0.1, 0.15) is 18.6 Å². The first kappa shape index (κ1) is 10.5. The Morgan fingerprint density at radius 3 is 2.08 bits per heavy atom. The van der Waals surface area contributed by atoms with Crippen molar-refractivity contribution in [3.05, 3.63) is 35.9 Å². The van der Waals surface area contributed by atoms with Crippen LogP contribution >= 0.6 is 0 Å². The molecule has 2 heteroatoms. The molecule has 0 aliphatic rings. The highest BCUT2D eigenvalue weighted by atomic mass is 28.4. The van der Waals surface area contributed by atoms with Crippen LogP contribution in [-0.2, 0) is 4.43 Å². The van der Waals surface area contributed by atoms with Gasteiger partial charge in [0.1, 0.15) is 0 Å². The minimum absolute atomic E-state index is 0.230. The molecule has 1 aromatic rings. The maximum Gasteiger partial charge on any atom is 0.184 e. The van der Waals surface area contributed by atoms with Crippen molar-refractivity contribution >= 4 is 8.32 Å². The fourth-order valence-electron chi connectivity index (χ4n) is 1.32. The van der Waals surface area contributed by atoms with Crippen molar-refractivity contribution in [2.45, 2.75) is 32.7 Å². The van der Waals surface area contributed by atoms with E-state index in [-0.39, 0.29) is 6.10 Å². The quantitative estimate of drug-likeness (QED) is 0.668. The molecule has 0 fully saturated rings. The van der Waals surface area contributed by atoms with E-state index >= 15 is 0 Å². The third-order valence-electron chi connectivity index (χ3n) is 1.80. The van der Waals surface area contributed by atoms with Crippen LogP contribution in [-0.4, -0.2) is 8.32 Å². The molecule has 0 radical (unpaired) electrons. The van der Waals surface area contributed by atoms with Crippen molar-refractivity contribution in [1.82, 2.24) is 0 Å². The van der Waals surface area contributed by atoms with E-state index in [4.69, 9.17) is 4.43 Å². The lowest BCUT2D eigenvalue weighted by atomic mass is 10.1. The Bertz CT molecular complexity index is 251. The molecule has 13 heavy (non-hydrogen) atoms. The molecule has 1 atom stereocenters. The normalized spacial score (nSPS) is 14.2. The van der Waals surface area contributed by atoms with E-state index in [0.29, 0.717) is 0 Å². The Balaban J connectivity index is 2.64. The van der Waals surface area contributed by atoms with E-state index in [0.717, 1.165) is 0 Å². The smallest absolute Gasteiger partial charge is 0.184 e. The van der Waals surface area contributed by atoms with Crippen LogP contribution in [0.15, 0.2) is 30.3 Å². The van der Waals surface area contributed by atoms with Gasteiger partial charge in [0.15, 0.2) is 8.32 Å². The van der Waals surface area contributed by atoms with E-state index in [1.165, 1.54) is 5.56 Å². The second kappa shape index (κ2) is 4.07. The van der Waals surface area contributed by atoms with Gasteiger partial charge in [0.2, 0.25) is 0 Å². The van der Waals surface area contributed by atoms with E-state index in [1.807, 2.05) is 6.07 Å². The minimum Gasteiger partial charge on any atom is -0.411 e. The average molecular weight is 194 g/mol. The number of hydrogen-bond donors (Lipinski definition) is 0. The van der Waals surface area contributed by atoms with Crippen LogP contribution < -0.4 is 0 Å². The fourth-order valence-corrected chi connectivity index (χ4v) is 2.52. The molecular formula is C11H18OSi. The van der Waals surface area contributed by atoms with Crippen molar-refractivity contribution in [3.8, 4) is 0 Å². The summed E-state index contributed by atoms with van der Waals surface area (Å²) in [6, 6.07) is 10.4. The van der Waals surface area contributed by atoms with E-state index in [9.17, 15) is 0 Å². The van der Waals surface area contributed by atoms with E-state index in [1.54, 1.807) is 0 Å². The third-order valence-corrected chi connectivity index (χ3v) is 2.86. The van der Waals surface area contributed by atoms with Gasteiger partial charge in [0.05, 0.1) is 6.10 Å². The lowest BCUT2D eigenvalue weighted by molar-refractivity contribution is 0.219. The van der Waals surface area contributed by atoms with Gasteiger partial charge in [-0.3, -0.25) is 0 Å². The molecule has 0 saturated carbocycles. The summed E-state index contributed by atoms with van der Waals surface area (Å²) in [6.45, 7) is 8.76. The Morgan fingerprint density at radius 2 is 1.62 bits per heavy atom. The summed E-state index contributed by atoms with van der Waals surface area (Å²) in [6.07, 6.45) is 0.230. The van der Waals surface area contributed by atoms with Crippen molar-refractivity contribution in [3.63, 3.8) is 0 Å². The fraction of sp³-hybridized carbons (Fsp3) is 0.455. The summed E-state index contributed by atoms with van der Waals surface area (Å²) < 4.78 is 5.96. The van der Waals surface area contributed by atoms with Crippen LogP contribution in [0.3, 0.4) is 0 Å². The molecule has 0 spiro atoms. The number of benzene rings is 1. The SMILES string of the molecule is C[C@H](O[Si](C)(C)C)c1ccccc1. The van der Waals surface area contributed by atoms with Crippen LogP contribution in [0.5, 0.6) is 0 Å². The van der Waals surface area contributed by atoms with Gasteiger partial charge in [-0.25, -0.2) is 0 Å². The molecule has 1 rings (SSSR count). The molecule has 0 bridgehead atoms. The minimum atomic E-state index is -1.40. The highest BCUT2D eigenvalue weighted by Gasteiger charge is 2.18. The summed E-state index contributed by atoms with van der Waals surface area (Å²) in [7, 11) is -1.40. The monoisotopic (exact) mass is 194 g/mol. The first-order valence-corrected chi connectivity index (χ1v) is 8.12. The molecule has 72 valence electrons. The van der Waals surface area contributed by atoms with Crippen molar-refractivity contribution < 1.29 is 4.43 Å². The Kier molecular flexibility index (Phi) is 3.28. The zero-order valence-electron chi connectivity index (χ0n) is 8.87. The summed E-state index contributed by atoms with van der Waals surface area (Å²) in [5.41, 5.74) is 1.27. The average Bonchev–Trinajstić information content (AvgIpc) is 2.03. The molecule has 1 nitrogen and oxygen atoms in total. The predicted molar refractivity (Wildman–Crippen MR) is 59.3 cm³/mol. The third kappa shape index (κ3) is 3.74. The van der Waals surface area contributed by atoms with Crippen LogP contribution in [0.25, 0.3) is 0 Å². The van der Waals surface area contributed by atoms with Crippen LogP contribution in [0.2, 0.25) is 19.6 Å². The second-order valence-corrected chi connectivity index (χ2v) is 8.74. The molecule has 0 aliphatic carbocycles. The summed E-state index contributed by atoms with van der Waals surface area (Å²) in [5, 5.41) is 0. The molecule has 0 unspecified atom stereocenters. The molecule has 0 aromatic heterocycles. The first-order chi connectivity index (χ1) is 5.99. The largest absolute Gasteiger partial charge is 0.411 e. The number of rotatable bonds is 3. The predicted octanol–water partition coefficient (Wildman–Crippen LogP) is 3.60. The summed E-state index contributed by atoms with van der Waals surface area (Å²) in [4.78, 5) is 0. The molecular weight excluding hydrogens is 176 g/mol. The van der Waals surface area contributed by atoms with Crippen LogP contribution in [0, 0.1) is 0 Å². The lowest BCUT2D eigenvalue weighted by Gasteiger charge is -2.23. The Labute approximate surface area is 81.9 Å². The van der Waals surface area contributed by atoms with Gasteiger partial charge in [-0.05, 0) is 32.1 Å². The summed E-state index contributed by atoms with van der Waals surface area (Å²) in [5.74, 6) is 0. The highest BCUT2D eigenvalue weighted by Crippen LogP contribution is 2.20. The molecule has 1 aromatic carbocycles. The van der Waals surface area contributed by atoms with Gasteiger partial charge in [0.25, 0.3) is 0 Å². The zero-order chi connectivity index (χ0) is 9.90. The van der Waals surface area contributed by atoms with Gasteiger partial charge < -0.3 is 4.43 Å². The van der Waals surface area contributed by atoms with Gasteiger partial charge in [-0.1, -0.05) is 30.3 Å². The van der Waals surface area contributed by atoms with E-state index in [2.05, 4.69) is 50.8 Å². The topological polar surface area (TPSA) is 9.23 Å². The Hall–Kier alpha value is -0.603. The van der Waals surface area contributed by atoms with E-state index < -0.39 is 8.32 Å². The van der Waals surface area contributed by atoms with Crippen molar-refractivity contribution in [2.24, 2.45) is 0 Å². The van der Waals surface area contributed by atoms with Gasteiger partial charge in [-0.2, -0.15) is 0 Å². The second-order valence-electron chi connectivity index (χ2n) is 4.28.